The maximum absolute atomic E-state index is 11.8. The van der Waals surface area contributed by atoms with Gasteiger partial charge in [-0.1, -0.05) is 49.6 Å². The van der Waals surface area contributed by atoms with E-state index in [0.717, 1.165) is 57.5 Å². The van der Waals surface area contributed by atoms with Crippen molar-refractivity contribution in [3.05, 3.63) is 35.9 Å². The Morgan fingerprint density at radius 1 is 1.08 bits per heavy atom. The molecular formula is C20H28O4. The van der Waals surface area contributed by atoms with Crippen LogP contribution in [0.1, 0.15) is 50.5 Å². The Hall–Kier alpha value is -1.52. The molecule has 4 heteroatoms. The smallest absolute Gasteiger partial charge is 0.147 e. The van der Waals surface area contributed by atoms with Gasteiger partial charge in [0.2, 0.25) is 0 Å². The van der Waals surface area contributed by atoms with Gasteiger partial charge in [0, 0.05) is 25.2 Å². The van der Waals surface area contributed by atoms with E-state index < -0.39 is 5.60 Å². The van der Waals surface area contributed by atoms with Crippen molar-refractivity contribution in [3.8, 4) is 0 Å². The Morgan fingerprint density at radius 2 is 1.88 bits per heavy atom. The molecule has 1 aliphatic heterocycles. The zero-order chi connectivity index (χ0) is 17.1. The molecule has 2 atom stereocenters. The van der Waals surface area contributed by atoms with Gasteiger partial charge in [-0.2, -0.15) is 0 Å². The molecule has 2 unspecified atom stereocenters. The third-order valence-electron chi connectivity index (χ3n) is 4.87. The highest BCUT2D eigenvalue weighted by molar-refractivity contribution is 5.56. The van der Waals surface area contributed by atoms with Gasteiger partial charge in [0.1, 0.15) is 19.4 Å². The van der Waals surface area contributed by atoms with Crippen molar-refractivity contribution in [1.29, 1.82) is 0 Å². The predicted molar refractivity (Wildman–Crippen MR) is 92.7 cm³/mol. The lowest BCUT2D eigenvalue weighted by Crippen LogP contribution is -2.48. The highest BCUT2D eigenvalue weighted by Crippen LogP contribution is 2.35. The summed E-state index contributed by atoms with van der Waals surface area (Å²) >= 11 is 0. The monoisotopic (exact) mass is 332 g/mol. The molecule has 132 valence electrons. The van der Waals surface area contributed by atoms with Crippen LogP contribution in [0.25, 0.3) is 0 Å². The fraction of sp³-hybridized carbons (Fsp3) is 0.600. The van der Waals surface area contributed by atoms with Crippen molar-refractivity contribution < 1.29 is 19.1 Å². The largest absolute Gasteiger partial charge is 0.355 e. The number of ether oxygens (including phenoxy) is 2. The summed E-state index contributed by atoms with van der Waals surface area (Å²) in [5, 5.41) is 0. The second kappa shape index (κ2) is 10.4. The third kappa shape index (κ3) is 5.53. The molecule has 0 aliphatic carbocycles. The van der Waals surface area contributed by atoms with Crippen LogP contribution in [0.2, 0.25) is 0 Å². The molecule has 0 bridgehead atoms. The number of hydrogen-bond donors (Lipinski definition) is 0. The lowest BCUT2D eigenvalue weighted by molar-refractivity contribution is -0.212. The van der Waals surface area contributed by atoms with Crippen LogP contribution >= 0.6 is 0 Å². The Morgan fingerprint density at radius 3 is 2.54 bits per heavy atom. The molecule has 2 rings (SSSR count). The zero-order valence-electron chi connectivity index (χ0n) is 14.3. The van der Waals surface area contributed by atoms with Crippen molar-refractivity contribution in [2.24, 2.45) is 5.92 Å². The van der Waals surface area contributed by atoms with E-state index in [0.29, 0.717) is 13.0 Å². The maximum Gasteiger partial charge on any atom is 0.147 e. The molecule has 1 aliphatic rings. The summed E-state index contributed by atoms with van der Waals surface area (Å²) in [6, 6.07) is 10.2. The molecule has 0 amide bonds. The van der Waals surface area contributed by atoms with Gasteiger partial charge < -0.3 is 19.1 Å². The standard InChI is InChI=1S/C20H28O4/c21-13-8-3-1-2-7-11-19(16-22)20(12-14-23-17-24-20)15-18-9-5-4-6-10-18/h4-6,9-10,13,16,19H,1-3,7-8,11-12,14-15,17H2. The van der Waals surface area contributed by atoms with Crippen molar-refractivity contribution in [2.75, 3.05) is 13.4 Å². The van der Waals surface area contributed by atoms with Crippen LogP contribution in [0.5, 0.6) is 0 Å². The van der Waals surface area contributed by atoms with Gasteiger partial charge in [-0.25, -0.2) is 0 Å². The molecule has 0 saturated carbocycles. The van der Waals surface area contributed by atoms with E-state index in [1.165, 1.54) is 5.56 Å². The highest BCUT2D eigenvalue weighted by atomic mass is 16.7. The molecule has 1 aromatic rings. The molecule has 1 aromatic carbocycles. The van der Waals surface area contributed by atoms with Gasteiger partial charge >= 0.3 is 0 Å². The van der Waals surface area contributed by atoms with Crippen molar-refractivity contribution in [1.82, 2.24) is 0 Å². The van der Waals surface area contributed by atoms with Crippen LogP contribution < -0.4 is 0 Å². The van der Waals surface area contributed by atoms with Crippen LogP contribution in [-0.2, 0) is 25.5 Å². The summed E-state index contributed by atoms with van der Waals surface area (Å²) < 4.78 is 11.4. The summed E-state index contributed by atoms with van der Waals surface area (Å²) in [4.78, 5) is 22.1. The normalized spacial score (nSPS) is 22.0. The van der Waals surface area contributed by atoms with Crippen LogP contribution in [0, 0.1) is 5.92 Å². The molecule has 0 N–H and O–H groups in total. The molecule has 1 heterocycles. The second-order valence-corrected chi connectivity index (χ2v) is 6.55. The highest BCUT2D eigenvalue weighted by Gasteiger charge is 2.41. The van der Waals surface area contributed by atoms with Gasteiger partial charge in [0.25, 0.3) is 0 Å². The first kappa shape index (κ1) is 18.8. The van der Waals surface area contributed by atoms with Crippen LogP contribution in [0.3, 0.4) is 0 Å². The Bertz CT molecular complexity index is 480. The first-order valence-corrected chi connectivity index (χ1v) is 8.95. The summed E-state index contributed by atoms with van der Waals surface area (Å²) in [7, 11) is 0. The van der Waals surface area contributed by atoms with E-state index in [-0.39, 0.29) is 12.7 Å². The molecule has 0 spiro atoms. The second-order valence-electron chi connectivity index (χ2n) is 6.55. The Labute approximate surface area is 144 Å². The Kier molecular flexibility index (Phi) is 8.13. The van der Waals surface area contributed by atoms with Gasteiger partial charge in [-0.05, 0) is 18.4 Å². The lowest BCUT2D eigenvalue weighted by atomic mass is 9.77. The lowest BCUT2D eigenvalue weighted by Gasteiger charge is -2.41. The van der Waals surface area contributed by atoms with Crippen molar-refractivity contribution in [3.63, 3.8) is 0 Å². The average molecular weight is 332 g/mol. The predicted octanol–water partition coefficient (Wildman–Crippen LogP) is 3.72. The van der Waals surface area contributed by atoms with Crippen LogP contribution in [-0.4, -0.2) is 31.6 Å². The van der Waals surface area contributed by atoms with E-state index in [1.54, 1.807) is 0 Å². The third-order valence-corrected chi connectivity index (χ3v) is 4.87. The summed E-state index contributed by atoms with van der Waals surface area (Å²) in [5.41, 5.74) is 0.738. The number of benzene rings is 1. The minimum Gasteiger partial charge on any atom is -0.355 e. The fourth-order valence-corrected chi connectivity index (χ4v) is 3.44. The minimum atomic E-state index is -0.454. The Balaban J connectivity index is 1.96. The van der Waals surface area contributed by atoms with Gasteiger partial charge in [-0.15, -0.1) is 0 Å². The van der Waals surface area contributed by atoms with Crippen LogP contribution in [0.4, 0.5) is 0 Å². The minimum absolute atomic E-state index is 0.118. The fourth-order valence-electron chi connectivity index (χ4n) is 3.44. The van der Waals surface area contributed by atoms with Gasteiger partial charge in [0.15, 0.2) is 0 Å². The molecule has 1 fully saturated rings. The molecule has 0 radical (unpaired) electrons. The number of rotatable bonds is 11. The molecule has 4 nitrogen and oxygen atoms in total. The molecular weight excluding hydrogens is 304 g/mol. The number of carbonyl (C=O) groups excluding carboxylic acids is 2. The van der Waals surface area contributed by atoms with Crippen molar-refractivity contribution >= 4 is 12.6 Å². The van der Waals surface area contributed by atoms with E-state index >= 15 is 0 Å². The SMILES string of the molecule is O=CCCCCCCC(C=O)C1(Cc2ccccc2)CCOCO1. The maximum atomic E-state index is 11.8. The van der Waals surface area contributed by atoms with Gasteiger partial charge in [-0.3, -0.25) is 0 Å². The summed E-state index contributed by atoms with van der Waals surface area (Å²) in [6.45, 7) is 0.896. The van der Waals surface area contributed by atoms with Gasteiger partial charge in [0.05, 0.1) is 12.2 Å². The summed E-state index contributed by atoms with van der Waals surface area (Å²) in [5.74, 6) is -0.118. The molecule has 24 heavy (non-hydrogen) atoms. The van der Waals surface area contributed by atoms with Crippen LogP contribution in [0.15, 0.2) is 30.3 Å². The topological polar surface area (TPSA) is 52.6 Å². The number of unbranched alkanes of at least 4 members (excludes halogenated alkanes) is 4. The quantitative estimate of drug-likeness (QED) is 0.458. The van der Waals surface area contributed by atoms with E-state index in [1.807, 2.05) is 18.2 Å². The number of hydrogen-bond acceptors (Lipinski definition) is 4. The van der Waals surface area contributed by atoms with E-state index in [4.69, 9.17) is 9.47 Å². The first-order chi connectivity index (χ1) is 11.8. The number of aldehydes is 2. The molecule has 0 aromatic heterocycles. The molecule has 1 saturated heterocycles. The first-order valence-electron chi connectivity index (χ1n) is 8.95. The van der Waals surface area contributed by atoms with E-state index in [2.05, 4.69) is 12.1 Å². The summed E-state index contributed by atoms with van der Waals surface area (Å²) in [6.07, 6.45) is 9.02. The van der Waals surface area contributed by atoms with E-state index in [9.17, 15) is 9.59 Å². The number of carbonyl (C=O) groups is 2. The van der Waals surface area contributed by atoms with Crippen molar-refractivity contribution in [2.45, 2.75) is 57.0 Å². The average Bonchev–Trinajstić information content (AvgIpc) is 2.62. The zero-order valence-corrected chi connectivity index (χ0v) is 14.3.